The van der Waals surface area contributed by atoms with Gasteiger partial charge in [-0.15, -0.1) is 0 Å². The third-order valence-corrected chi connectivity index (χ3v) is 14.1. The van der Waals surface area contributed by atoms with E-state index < -0.39 is 0 Å². The second kappa shape index (κ2) is 14.1. The average molecular weight is 821 g/mol. The summed E-state index contributed by atoms with van der Waals surface area (Å²) in [6, 6.07) is 76.2. The fourth-order valence-corrected chi connectivity index (χ4v) is 11.1. The van der Waals surface area contributed by atoms with Crippen molar-refractivity contribution in [3.8, 4) is 39.1 Å². The van der Waals surface area contributed by atoms with Crippen molar-refractivity contribution in [1.82, 2.24) is 0 Å². The summed E-state index contributed by atoms with van der Waals surface area (Å²) in [7, 11) is 0. The molecule has 11 aromatic carbocycles. The molecular formula is C61H44N2O. The van der Waals surface area contributed by atoms with E-state index in [-0.39, 0.29) is 5.41 Å². The van der Waals surface area contributed by atoms with Gasteiger partial charge in [-0.1, -0.05) is 178 Å². The van der Waals surface area contributed by atoms with Crippen LogP contribution in [0.25, 0.3) is 76.5 Å². The number of hydrogen-bond acceptors (Lipinski definition) is 3. The molecule has 0 aromatic heterocycles. The van der Waals surface area contributed by atoms with Crippen molar-refractivity contribution in [1.29, 1.82) is 0 Å². The summed E-state index contributed by atoms with van der Waals surface area (Å²) < 4.78 is 6.93. The van der Waals surface area contributed by atoms with Crippen LogP contribution < -0.4 is 14.5 Å². The zero-order valence-electron chi connectivity index (χ0n) is 35.8. The van der Waals surface area contributed by atoms with E-state index in [2.05, 4.69) is 230 Å². The number of nitrogens with zero attached hydrogens (tertiary/aromatic N) is 2. The smallest absolute Gasteiger partial charge is 0.161 e. The molecule has 11 aromatic rings. The van der Waals surface area contributed by atoms with Gasteiger partial charge >= 0.3 is 0 Å². The fourth-order valence-electron chi connectivity index (χ4n) is 11.1. The lowest BCUT2D eigenvalue weighted by molar-refractivity contribution is 0.290. The number of ether oxygens (including phenoxy) is 1. The lowest BCUT2D eigenvalue weighted by Gasteiger charge is -2.34. The molecule has 0 amide bonds. The molecule has 0 atom stereocenters. The first-order chi connectivity index (χ1) is 31.5. The maximum atomic E-state index is 6.93. The molecule has 13 rings (SSSR count). The van der Waals surface area contributed by atoms with Crippen molar-refractivity contribution in [3.05, 3.63) is 223 Å². The highest BCUT2D eigenvalue weighted by Gasteiger charge is 2.38. The standard InChI is InChI=1S/C61H44N2O/c1-61(2)53-28-10-9-23-46(53)51-35-52(49-26-14-20-43-37-62(38-64-60(43)49)44-21-7-4-8-22-44)56(36-54(51)61)63(45-32-29-40(30-33-45)39-15-5-3-6-16-39)55-34-31-42-19-12-25-48-47-24-11-17-41-18-13-27-50(57(41)47)59(55)58(42)48/h3-36H,37-38H2,1-2H3. The van der Waals surface area contributed by atoms with Gasteiger partial charge in [-0.25, -0.2) is 0 Å². The highest BCUT2D eigenvalue weighted by Crippen LogP contribution is 2.56. The third-order valence-electron chi connectivity index (χ3n) is 14.1. The summed E-state index contributed by atoms with van der Waals surface area (Å²) in [5.41, 5.74) is 15.3. The van der Waals surface area contributed by atoms with Crippen molar-refractivity contribution in [3.63, 3.8) is 0 Å². The van der Waals surface area contributed by atoms with Crippen LogP contribution in [0.4, 0.5) is 22.7 Å². The zero-order chi connectivity index (χ0) is 42.5. The number of hydrogen-bond donors (Lipinski definition) is 0. The largest absolute Gasteiger partial charge is 0.472 e. The van der Waals surface area contributed by atoms with Crippen LogP contribution >= 0.6 is 0 Å². The Morgan fingerprint density at radius 1 is 0.453 bits per heavy atom. The molecule has 304 valence electrons. The Morgan fingerprint density at radius 2 is 1.09 bits per heavy atom. The first-order valence-electron chi connectivity index (χ1n) is 22.4. The Bertz CT molecular complexity index is 3610. The van der Waals surface area contributed by atoms with E-state index in [0.29, 0.717) is 6.73 Å². The molecule has 2 aliphatic rings. The van der Waals surface area contributed by atoms with E-state index in [1.807, 2.05) is 0 Å². The highest BCUT2D eigenvalue weighted by atomic mass is 16.5. The van der Waals surface area contributed by atoms with Gasteiger partial charge in [-0.05, 0) is 114 Å². The Morgan fingerprint density at radius 3 is 1.88 bits per heavy atom. The summed E-state index contributed by atoms with van der Waals surface area (Å²) in [6.45, 7) is 6.00. The third kappa shape index (κ3) is 5.47. The number of benzene rings is 11. The molecule has 0 radical (unpaired) electrons. The van der Waals surface area contributed by atoms with Crippen LogP contribution in [-0.2, 0) is 12.0 Å². The van der Waals surface area contributed by atoms with Crippen LogP contribution in [-0.4, -0.2) is 6.73 Å². The maximum absolute atomic E-state index is 6.93. The number of para-hydroxylation sites is 2. The van der Waals surface area contributed by atoms with E-state index in [1.54, 1.807) is 0 Å². The van der Waals surface area contributed by atoms with Crippen molar-refractivity contribution in [2.75, 3.05) is 16.5 Å². The van der Waals surface area contributed by atoms with Gasteiger partial charge in [-0.3, -0.25) is 0 Å². The Hall–Kier alpha value is -7.88. The van der Waals surface area contributed by atoms with Crippen molar-refractivity contribution < 1.29 is 4.74 Å². The minimum Gasteiger partial charge on any atom is -0.472 e. The molecule has 1 heterocycles. The minimum atomic E-state index is -0.222. The SMILES string of the molecule is CC1(C)c2ccccc2-c2cc(-c3cccc4c3OCN(c3ccccc3)C4)c(N(c3ccc(-c4ccccc4)cc3)c3ccc4cccc5c6cccc7cccc(c3c45)c76)cc21. The van der Waals surface area contributed by atoms with E-state index in [1.165, 1.54) is 82.0 Å². The van der Waals surface area contributed by atoms with Gasteiger partial charge in [-0.2, -0.15) is 0 Å². The number of fused-ring (bicyclic) bond motifs is 6. The fraction of sp³-hybridized carbons (Fsp3) is 0.0820. The molecule has 0 N–H and O–H groups in total. The van der Waals surface area contributed by atoms with Gasteiger partial charge in [0.15, 0.2) is 6.73 Å². The van der Waals surface area contributed by atoms with Crippen LogP contribution in [0.3, 0.4) is 0 Å². The quantitative estimate of drug-likeness (QED) is 0.123. The topological polar surface area (TPSA) is 15.7 Å². The second-order valence-electron chi connectivity index (χ2n) is 18.0. The second-order valence-corrected chi connectivity index (χ2v) is 18.0. The summed E-state index contributed by atoms with van der Waals surface area (Å²) in [5.74, 6) is 0.946. The van der Waals surface area contributed by atoms with Gasteiger partial charge in [0.05, 0.1) is 11.4 Å². The van der Waals surface area contributed by atoms with Gasteiger partial charge < -0.3 is 14.5 Å². The molecule has 0 saturated carbocycles. The lowest BCUT2D eigenvalue weighted by atomic mass is 9.81. The zero-order valence-corrected chi connectivity index (χ0v) is 35.8. The van der Waals surface area contributed by atoms with Crippen molar-refractivity contribution >= 4 is 65.8 Å². The van der Waals surface area contributed by atoms with Crippen LogP contribution in [0.15, 0.2) is 206 Å². The van der Waals surface area contributed by atoms with E-state index in [0.717, 1.165) is 46.2 Å². The van der Waals surface area contributed by atoms with Crippen LogP contribution in [0.1, 0.15) is 30.5 Å². The molecule has 0 unspecified atom stereocenters. The highest BCUT2D eigenvalue weighted by molar-refractivity contribution is 6.35. The van der Waals surface area contributed by atoms with Crippen LogP contribution in [0.5, 0.6) is 5.75 Å². The minimum absolute atomic E-state index is 0.222. The molecule has 0 fully saturated rings. The summed E-state index contributed by atoms with van der Waals surface area (Å²) in [6.07, 6.45) is 0. The summed E-state index contributed by atoms with van der Waals surface area (Å²) in [4.78, 5) is 4.87. The monoisotopic (exact) mass is 820 g/mol. The first-order valence-corrected chi connectivity index (χ1v) is 22.4. The molecule has 1 aliphatic carbocycles. The maximum Gasteiger partial charge on any atom is 0.161 e. The van der Waals surface area contributed by atoms with Gasteiger partial charge in [0, 0.05) is 45.4 Å². The average Bonchev–Trinajstić information content (AvgIpc) is 3.58. The number of anilines is 4. The summed E-state index contributed by atoms with van der Waals surface area (Å²) in [5, 5.41) is 10.2. The normalized spacial score (nSPS) is 13.9. The Kier molecular flexibility index (Phi) is 8.08. The Labute approximate surface area is 373 Å². The molecular weight excluding hydrogens is 777 g/mol. The van der Waals surface area contributed by atoms with Gasteiger partial charge in [0.25, 0.3) is 0 Å². The van der Waals surface area contributed by atoms with E-state index in [4.69, 9.17) is 4.74 Å². The summed E-state index contributed by atoms with van der Waals surface area (Å²) >= 11 is 0. The molecule has 0 bridgehead atoms. The molecule has 3 heteroatoms. The molecule has 64 heavy (non-hydrogen) atoms. The first kappa shape index (κ1) is 36.7. The van der Waals surface area contributed by atoms with Crippen molar-refractivity contribution in [2.24, 2.45) is 0 Å². The molecule has 1 aliphatic heterocycles. The van der Waals surface area contributed by atoms with Crippen LogP contribution in [0, 0.1) is 0 Å². The van der Waals surface area contributed by atoms with E-state index >= 15 is 0 Å². The van der Waals surface area contributed by atoms with E-state index in [9.17, 15) is 0 Å². The Balaban J connectivity index is 1.13. The molecule has 0 spiro atoms. The van der Waals surface area contributed by atoms with Gasteiger partial charge in [0.2, 0.25) is 0 Å². The molecule has 3 nitrogen and oxygen atoms in total. The molecule has 0 saturated heterocycles. The lowest BCUT2D eigenvalue weighted by Crippen LogP contribution is -2.32. The number of rotatable bonds is 6. The van der Waals surface area contributed by atoms with Crippen molar-refractivity contribution in [2.45, 2.75) is 25.8 Å². The van der Waals surface area contributed by atoms with Crippen LogP contribution in [0.2, 0.25) is 0 Å². The predicted molar refractivity (Wildman–Crippen MR) is 269 cm³/mol. The predicted octanol–water partition coefficient (Wildman–Crippen LogP) is 16.2. The van der Waals surface area contributed by atoms with Gasteiger partial charge in [0.1, 0.15) is 5.75 Å².